The van der Waals surface area contributed by atoms with Crippen molar-refractivity contribution in [1.29, 1.82) is 0 Å². The molecular formula is C47H51N7O9. The Morgan fingerprint density at radius 3 is 1.70 bits per heavy atom. The first-order valence-electron chi connectivity index (χ1n) is 20.2. The monoisotopic (exact) mass is 857 g/mol. The van der Waals surface area contributed by atoms with Crippen molar-refractivity contribution in [2.75, 3.05) is 72.3 Å². The lowest BCUT2D eigenvalue weighted by Crippen LogP contribution is -2.31. The summed E-state index contributed by atoms with van der Waals surface area (Å²) in [5, 5.41) is 4.62. The van der Waals surface area contributed by atoms with Gasteiger partial charge in [-0.25, -0.2) is 9.59 Å². The number of nitrogens with one attached hydrogen (secondary N) is 1. The van der Waals surface area contributed by atoms with Crippen LogP contribution < -0.4 is 31.9 Å². The molecule has 0 atom stereocenters. The van der Waals surface area contributed by atoms with Crippen LogP contribution in [0.1, 0.15) is 20.3 Å². The predicted molar refractivity (Wildman–Crippen MR) is 245 cm³/mol. The number of nitrogen functional groups attached to an aromatic ring is 1. The summed E-state index contributed by atoms with van der Waals surface area (Å²) in [6.07, 6.45) is 2.25. The number of nitrogens with two attached hydrogens (primary N) is 1. The van der Waals surface area contributed by atoms with E-state index in [0.29, 0.717) is 112 Å². The van der Waals surface area contributed by atoms with Crippen molar-refractivity contribution in [3.63, 3.8) is 0 Å². The Bertz CT molecular complexity index is 3040. The van der Waals surface area contributed by atoms with E-state index in [1.807, 2.05) is 54.6 Å². The second-order valence-corrected chi connectivity index (χ2v) is 14.7. The van der Waals surface area contributed by atoms with Crippen LogP contribution in [-0.4, -0.2) is 91.2 Å². The Hall–Kier alpha value is -7.01. The molecule has 0 spiro atoms. The molecule has 1 amide bonds. The van der Waals surface area contributed by atoms with Crippen molar-refractivity contribution in [3.8, 4) is 34.0 Å². The molecule has 0 radical (unpaired) electrons. The number of hydrogen-bond donors (Lipinski definition) is 2. The molecular weight excluding hydrogens is 807 g/mol. The molecule has 1 aliphatic heterocycles. The standard InChI is InChI=1S/C26H28N4O5.C20H19N3O4.CH4/c1-33-14-13-30-24-18-7-3-4-8-20(18)35-25(24)23(28-26(30)32)17-9-10-19(21(15-17)34-2)27-22(31)16-29-11-5-6-12-29;1-25-10-9-23-18-13-5-3-4-6-15(13)27-19(18)17(22-20(23)24)12-7-8-14(21)16(11-12)26-2;/h3-4,7-10,15H,5-6,11-14,16H2,1-2H3,(H,27,31);3-8,11H,9-10,21H2,1-2H3;1H4. The molecule has 4 aromatic heterocycles. The van der Waals surface area contributed by atoms with Crippen LogP contribution in [0.2, 0.25) is 0 Å². The maximum atomic E-state index is 13.1. The summed E-state index contributed by atoms with van der Waals surface area (Å²) in [4.78, 5) is 49.2. The van der Waals surface area contributed by atoms with Crippen LogP contribution >= 0.6 is 0 Å². The van der Waals surface area contributed by atoms with Gasteiger partial charge in [-0.05, 0) is 74.5 Å². The molecule has 328 valence electrons. The number of rotatable bonds is 13. The average molecular weight is 858 g/mol. The van der Waals surface area contributed by atoms with Gasteiger partial charge in [-0.3, -0.25) is 18.8 Å². The van der Waals surface area contributed by atoms with E-state index < -0.39 is 5.69 Å². The lowest BCUT2D eigenvalue weighted by atomic mass is 10.1. The molecule has 4 aromatic carbocycles. The fourth-order valence-corrected chi connectivity index (χ4v) is 7.83. The number of likely N-dealkylation sites (tertiary alicyclic amines) is 1. The molecule has 8 aromatic rings. The number of fused-ring (bicyclic) bond motifs is 6. The predicted octanol–water partition coefficient (Wildman–Crippen LogP) is 7.18. The highest BCUT2D eigenvalue weighted by molar-refractivity contribution is 6.08. The molecule has 0 saturated carbocycles. The van der Waals surface area contributed by atoms with E-state index in [2.05, 4.69) is 20.2 Å². The summed E-state index contributed by atoms with van der Waals surface area (Å²) in [6, 6.07) is 25.8. The Kier molecular flexibility index (Phi) is 13.5. The van der Waals surface area contributed by atoms with Gasteiger partial charge in [-0.15, -0.1) is 0 Å². The number of anilines is 2. The number of para-hydroxylation sites is 2. The van der Waals surface area contributed by atoms with Crippen LogP contribution in [0.15, 0.2) is 103 Å². The topological polar surface area (TPSA) is 191 Å². The number of benzene rings is 4. The summed E-state index contributed by atoms with van der Waals surface area (Å²) in [5.41, 5.74) is 12.2. The lowest BCUT2D eigenvalue weighted by molar-refractivity contribution is -0.117. The van der Waals surface area contributed by atoms with E-state index in [0.717, 1.165) is 36.7 Å². The van der Waals surface area contributed by atoms with Crippen molar-refractivity contribution < 1.29 is 32.6 Å². The molecule has 1 saturated heterocycles. The second-order valence-electron chi connectivity index (χ2n) is 14.7. The molecule has 63 heavy (non-hydrogen) atoms. The zero-order valence-corrected chi connectivity index (χ0v) is 34.9. The van der Waals surface area contributed by atoms with Crippen molar-refractivity contribution in [1.82, 2.24) is 24.0 Å². The third-order valence-corrected chi connectivity index (χ3v) is 10.8. The van der Waals surface area contributed by atoms with Crippen LogP contribution in [0.4, 0.5) is 11.4 Å². The highest BCUT2D eigenvalue weighted by atomic mass is 16.5. The number of methoxy groups -OCH3 is 4. The number of nitrogens with zero attached hydrogens (tertiary/aromatic N) is 5. The Labute approximate surface area is 362 Å². The number of carbonyl (C=O) groups excluding carboxylic acids is 1. The van der Waals surface area contributed by atoms with Crippen molar-refractivity contribution in [2.24, 2.45) is 0 Å². The number of carbonyl (C=O) groups is 1. The van der Waals surface area contributed by atoms with E-state index in [1.165, 1.54) is 0 Å². The summed E-state index contributed by atoms with van der Waals surface area (Å²) in [6.45, 7) is 3.74. The molecule has 5 heterocycles. The zero-order valence-electron chi connectivity index (χ0n) is 34.9. The normalized spacial score (nSPS) is 12.7. The minimum absolute atomic E-state index is 0. The highest BCUT2D eigenvalue weighted by Crippen LogP contribution is 2.38. The maximum Gasteiger partial charge on any atom is 0.348 e. The largest absolute Gasteiger partial charge is 0.495 e. The van der Waals surface area contributed by atoms with Gasteiger partial charge in [-0.1, -0.05) is 43.8 Å². The third kappa shape index (κ3) is 8.86. The van der Waals surface area contributed by atoms with E-state index in [4.69, 9.17) is 33.5 Å². The number of ether oxygens (including phenoxy) is 4. The SMILES string of the molecule is C.COCCn1c(=O)nc(-c2ccc(N)c(OC)c2)c2oc3ccccc3c21.COCCn1c(=O)nc(-c2ccc(NC(=O)CN3CCCC3)c(OC)c2)c2oc3ccccc3c21. The summed E-state index contributed by atoms with van der Waals surface area (Å²) >= 11 is 0. The number of hydrogen-bond acceptors (Lipinski definition) is 13. The van der Waals surface area contributed by atoms with Gasteiger partial charge in [-0.2, -0.15) is 9.97 Å². The number of amides is 1. The van der Waals surface area contributed by atoms with E-state index >= 15 is 0 Å². The molecule has 16 nitrogen and oxygen atoms in total. The van der Waals surface area contributed by atoms with Crippen molar-refractivity contribution in [3.05, 3.63) is 106 Å². The second kappa shape index (κ2) is 19.4. The van der Waals surface area contributed by atoms with Crippen LogP contribution in [0.25, 0.3) is 66.7 Å². The average Bonchev–Trinajstić information content (AvgIpc) is 4.04. The zero-order chi connectivity index (χ0) is 43.3. The minimum atomic E-state index is -0.391. The Morgan fingerprint density at radius 2 is 1.19 bits per heavy atom. The fourth-order valence-electron chi connectivity index (χ4n) is 7.83. The van der Waals surface area contributed by atoms with E-state index in [1.54, 1.807) is 67.9 Å². The van der Waals surface area contributed by atoms with Gasteiger partial charge < -0.3 is 38.8 Å². The smallest absolute Gasteiger partial charge is 0.348 e. The van der Waals surface area contributed by atoms with Crippen LogP contribution in [0.5, 0.6) is 11.5 Å². The van der Waals surface area contributed by atoms with Crippen LogP contribution in [-0.2, 0) is 27.4 Å². The number of furan rings is 2. The lowest BCUT2D eigenvalue weighted by Gasteiger charge is -2.16. The van der Waals surface area contributed by atoms with Crippen LogP contribution in [0.3, 0.4) is 0 Å². The molecule has 1 aliphatic rings. The van der Waals surface area contributed by atoms with Gasteiger partial charge in [0.25, 0.3) is 0 Å². The first-order chi connectivity index (χ1) is 30.2. The molecule has 0 aliphatic carbocycles. The summed E-state index contributed by atoms with van der Waals surface area (Å²) in [7, 11) is 6.28. The molecule has 0 unspecified atom stereocenters. The van der Waals surface area contributed by atoms with Gasteiger partial charge in [0.05, 0.1) is 58.4 Å². The molecule has 3 N–H and O–H groups in total. The summed E-state index contributed by atoms with van der Waals surface area (Å²) in [5.74, 6) is 0.908. The van der Waals surface area contributed by atoms with Gasteiger partial charge in [0.15, 0.2) is 11.2 Å². The molecule has 1 fully saturated rings. The van der Waals surface area contributed by atoms with Crippen LogP contribution in [0, 0.1) is 0 Å². The molecule has 9 rings (SSSR count). The fraction of sp³-hybridized carbons (Fsp3) is 0.298. The Balaban J connectivity index is 0.000000192. The van der Waals surface area contributed by atoms with Crippen molar-refractivity contribution >= 4 is 61.4 Å². The maximum absolute atomic E-state index is 13.1. The van der Waals surface area contributed by atoms with E-state index in [-0.39, 0.29) is 19.0 Å². The van der Waals surface area contributed by atoms with E-state index in [9.17, 15) is 14.4 Å². The summed E-state index contributed by atoms with van der Waals surface area (Å²) < 4.78 is 36.6. The third-order valence-electron chi connectivity index (χ3n) is 10.8. The highest BCUT2D eigenvalue weighted by Gasteiger charge is 2.23. The first kappa shape index (κ1) is 44.1. The molecule has 0 bridgehead atoms. The van der Waals surface area contributed by atoms with Gasteiger partial charge in [0.2, 0.25) is 5.91 Å². The minimum Gasteiger partial charge on any atom is -0.495 e. The van der Waals surface area contributed by atoms with Gasteiger partial charge >= 0.3 is 11.4 Å². The molecule has 16 heteroatoms. The number of aromatic nitrogens is 4. The first-order valence-corrected chi connectivity index (χ1v) is 20.2. The van der Waals surface area contributed by atoms with Crippen molar-refractivity contribution in [2.45, 2.75) is 33.4 Å². The van der Waals surface area contributed by atoms with Gasteiger partial charge in [0.1, 0.15) is 45.1 Å². The Morgan fingerprint density at radius 1 is 0.698 bits per heavy atom. The quantitative estimate of drug-likeness (QED) is 0.111. The van der Waals surface area contributed by atoms with Gasteiger partial charge in [0, 0.05) is 36.1 Å².